The van der Waals surface area contributed by atoms with Crippen molar-refractivity contribution in [2.45, 2.75) is 17.4 Å². The van der Waals surface area contributed by atoms with E-state index >= 15 is 0 Å². The molecule has 0 aromatic heterocycles. The Morgan fingerprint density at radius 3 is 2.20 bits per heavy atom. The number of sulfonamides is 1. The maximum atomic E-state index is 13.1. The summed E-state index contributed by atoms with van der Waals surface area (Å²) >= 11 is 0. The summed E-state index contributed by atoms with van der Waals surface area (Å²) in [5, 5.41) is 0. The van der Waals surface area contributed by atoms with Crippen LogP contribution in [-0.2, 0) is 19.6 Å². The number of hydrogen-bond donors (Lipinski definition) is 0. The zero-order valence-corrected chi connectivity index (χ0v) is 17.4. The van der Waals surface area contributed by atoms with Crippen LogP contribution in [0.5, 0.6) is 5.75 Å². The van der Waals surface area contributed by atoms with Crippen molar-refractivity contribution < 1.29 is 22.7 Å². The first-order valence-electron chi connectivity index (χ1n) is 9.72. The Hall–Kier alpha value is -2.75. The lowest BCUT2D eigenvalue weighted by Gasteiger charge is -2.36. The third-order valence-corrected chi connectivity index (χ3v) is 7.46. The zero-order valence-electron chi connectivity index (χ0n) is 16.6. The highest BCUT2D eigenvalue weighted by Crippen LogP contribution is 2.33. The van der Waals surface area contributed by atoms with Gasteiger partial charge in [-0.25, -0.2) is 13.3 Å². The number of piperazine rings is 1. The molecule has 0 radical (unpaired) electrons. The molecule has 0 bridgehead atoms. The molecule has 8 nitrogen and oxygen atoms in total. The fraction of sp³-hybridized carbons (Fsp3) is 0.333. The maximum absolute atomic E-state index is 13.1. The highest BCUT2D eigenvalue weighted by atomic mass is 32.2. The Morgan fingerprint density at radius 2 is 1.53 bits per heavy atom. The largest absolute Gasteiger partial charge is 0.495 e. The number of carbonyl (C=O) groups is 2. The SMILES string of the molecule is COc1ccccc1N1C(=O)C[C@H](N2CCN(S(=O)(=O)c3ccccc3)CC2)C1=O. The Labute approximate surface area is 175 Å². The van der Waals surface area contributed by atoms with Crippen molar-refractivity contribution in [2.75, 3.05) is 38.2 Å². The fourth-order valence-corrected chi connectivity index (χ4v) is 5.41. The molecule has 0 N–H and O–H groups in total. The zero-order chi connectivity index (χ0) is 21.3. The number of rotatable bonds is 5. The van der Waals surface area contributed by atoms with Crippen molar-refractivity contribution in [2.24, 2.45) is 0 Å². The molecule has 2 aromatic carbocycles. The van der Waals surface area contributed by atoms with Crippen LogP contribution in [0.3, 0.4) is 0 Å². The third kappa shape index (κ3) is 3.60. The number of nitrogens with zero attached hydrogens (tertiary/aromatic N) is 3. The molecule has 9 heteroatoms. The summed E-state index contributed by atoms with van der Waals surface area (Å²) in [6.07, 6.45) is 0.0717. The first-order valence-corrected chi connectivity index (χ1v) is 11.2. The number of methoxy groups -OCH3 is 1. The van der Waals surface area contributed by atoms with Crippen molar-refractivity contribution >= 4 is 27.5 Å². The van der Waals surface area contributed by atoms with Crippen LogP contribution in [0.25, 0.3) is 0 Å². The van der Waals surface area contributed by atoms with Crippen molar-refractivity contribution in [1.29, 1.82) is 0 Å². The fourth-order valence-electron chi connectivity index (χ4n) is 3.97. The molecule has 0 spiro atoms. The van der Waals surface area contributed by atoms with Gasteiger partial charge in [0, 0.05) is 26.2 Å². The van der Waals surface area contributed by atoms with Crippen LogP contribution in [0.4, 0.5) is 5.69 Å². The monoisotopic (exact) mass is 429 g/mol. The maximum Gasteiger partial charge on any atom is 0.251 e. The minimum absolute atomic E-state index is 0.0717. The van der Waals surface area contributed by atoms with E-state index < -0.39 is 16.1 Å². The van der Waals surface area contributed by atoms with E-state index in [2.05, 4.69) is 0 Å². The van der Waals surface area contributed by atoms with Crippen LogP contribution in [0.2, 0.25) is 0 Å². The van der Waals surface area contributed by atoms with Crippen molar-refractivity contribution in [3.63, 3.8) is 0 Å². The molecule has 158 valence electrons. The minimum Gasteiger partial charge on any atom is -0.495 e. The van der Waals surface area contributed by atoms with Crippen LogP contribution in [0.15, 0.2) is 59.5 Å². The molecule has 30 heavy (non-hydrogen) atoms. The van der Waals surface area contributed by atoms with Crippen molar-refractivity contribution in [3.05, 3.63) is 54.6 Å². The highest BCUT2D eigenvalue weighted by Gasteiger charge is 2.44. The molecule has 2 amide bonds. The molecule has 2 aliphatic heterocycles. The molecule has 2 heterocycles. The molecule has 2 aromatic rings. The average molecular weight is 429 g/mol. The smallest absolute Gasteiger partial charge is 0.251 e. The molecule has 2 aliphatic rings. The molecule has 1 atom stereocenters. The predicted octanol–water partition coefficient (Wildman–Crippen LogP) is 1.33. The van der Waals surface area contributed by atoms with E-state index in [1.807, 2.05) is 4.90 Å². The van der Waals surface area contributed by atoms with E-state index in [4.69, 9.17) is 4.74 Å². The topological polar surface area (TPSA) is 87.2 Å². The Bertz CT molecular complexity index is 1050. The second kappa shape index (κ2) is 8.17. The molecular weight excluding hydrogens is 406 g/mol. The second-order valence-corrected chi connectivity index (χ2v) is 9.15. The average Bonchev–Trinajstić information content (AvgIpc) is 3.08. The van der Waals surface area contributed by atoms with Gasteiger partial charge in [0.05, 0.1) is 30.2 Å². The third-order valence-electron chi connectivity index (χ3n) is 5.54. The lowest BCUT2D eigenvalue weighted by molar-refractivity contribution is -0.123. The molecule has 4 rings (SSSR count). The molecule has 0 aliphatic carbocycles. The van der Waals surface area contributed by atoms with Gasteiger partial charge in [0.15, 0.2) is 0 Å². The summed E-state index contributed by atoms with van der Waals surface area (Å²) in [5.41, 5.74) is 0.433. The number of ether oxygens (including phenoxy) is 1. The van der Waals surface area contributed by atoms with Gasteiger partial charge in [-0.3, -0.25) is 14.5 Å². The molecular formula is C21H23N3O5S. The van der Waals surface area contributed by atoms with Gasteiger partial charge in [-0.2, -0.15) is 4.31 Å². The lowest BCUT2D eigenvalue weighted by atomic mass is 10.2. The number of hydrogen-bond acceptors (Lipinski definition) is 6. The van der Waals surface area contributed by atoms with Crippen LogP contribution < -0.4 is 9.64 Å². The normalized spacial score (nSPS) is 21.2. The highest BCUT2D eigenvalue weighted by molar-refractivity contribution is 7.89. The summed E-state index contributed by atoms with van der Waals surface area (Å²) in [6, 6.07) is 14.6. The summed E-state index contributed by atoms with van der Waals surface area (Å²) in [5.74, 6) is -0.128. The molecule has 0 unspecified atom stereocenters. The van der Waals surface area contributed by atoms with E-state index in [-0.39, 0.29) is 36.2 Å². The van der Waals surface area contributed by atoms with Gasteiger partial charge in [-0.15, -0.1) is 0 Å². The number of benzene rings is 2. The van der Waals surface area contributed by atoms with Crippen LogP contribution >= 0.6 is 0 Å². The van der Waals surface area contributed by atoms with E-state index in [1.165, 1.54) is 16.3 Å². The number of carbonyl (C=O) groups excluding carboxylic acids is 2. The number of para-hydroxylation sites is 2. The first kappa shape index (κ1) is 20.5. The van der Waals surface area contributed by atoms with E-state index in [1.54, 1.807) is 54.6 Å². The molecule has 2 saturated heterocycles. The lowest BCUT2D eigenvalue weighted by Crippen LogP contribution is -2.53. The van der Waals surface area contributed by atoms with Gasteiger partial charge in [-0.05, 0) is 24.3 Å². The van der Waals surface area contributed by atoms with E-state index in [0.717, 1.165) is 0 Å². The van der Waals surface area contributed by atoms with Gasteiger partial charge in [-0.1, -0.05) is 30.3 Å². The van der Waals surface area contributed by atoms with Gasteiger partial charge in [0.2, 0.25) is 15.9 Å². The molecule has 0 saturated carbocycles. The first-order chi connectivity index (χ1) is 14.4. The van der Waals surface area contributed by atoms with Gasteiger partial charge in [0.1, 0.15) is 5.75 Å². The Kier molecular flexibility index (Phi) is 5.59. The minimum atomic E-state index is -3.57. The number of anilines is 1. The van der Waals surface area contributed by atoms with E-state index in [0.29, 0.717) is 24.5 Å². The number of amides is 2. The summed E-state index contributed by atoms with van der Waals surface area (Å²) in [6.45, 7) is 1.30. The summed E-state index contributed by atoms with van der Waals surface area (Å²) in [4.78, 5) is 29.0. The second-order valence-electron chi connectivity index (χ2n) is 7.21. The van der Waals surface area contributed by atoms with Gasteiger partial charge < -0.3 is 4.74 Å². The van der Waals surface area contributed by atoms with Crippen LogP contribution in [-0.4, -0.2) is 68.8 Å². The molecule has 2 fully saturated rings. The van der Waals surface area contributed by atoms with Crippen LogP contribution in [0, 0.1) is 0 Å². The standard InChI is InChI=1S/C21H23N3O5S/c1-29-19-10-6-5-9-17(19)24-20(25)15-18(21(24)26)22-11-13-23(14-12-22)30(27,28)16-7-3-2-4-8-16/h2-10,18H,11-15H2,1H3/t18-/m0/s1. The van der Waals surface area contributed by atoms with E-state index in [9.17, 15) is 18.0 Å². The summed E-state index contributed by atoms with van der Waals surface area (Å²) < 4.78 is 32.3. The van der Waals surface area contributed by atoms with Gasteiger partial charge in [0.25, 0.3) is 5.91 Å². The van der Waals surface area contributed by atoms with Gasteiger partial charge >= 0.3 is 0 Å². The quantitative estimate of drug-likeness (QED) is 0.667. The predicted molar refractivity (Wildman–Crippen MR) is 111 cm³/mol. The van der Waals surface area contributed by atoms with Crippen LogP contribution in [0.1, 0.15) is 6.42 Å². The Morgan fingerprint density at radius 1 is 0.900 bits per heavy atom. The number of imide groups is 1. The van der Waals surface area contributed by atoms with Crippen molar-refractivity contribution in [1.82, 2.24) is 9.21 Å². The Balaban J connectivity index is 1.47. The summed E-state index contributed by atoms with van der Waals surface area (Å²) in [7, 11) is -2.07. The van der Waals surface area contributed by atoms with Crippen molar-refractivity contribution in [3.8, 4) is 5.75 Å².